The van der Waals surface area contributed by atoms with Crippen molar-refractivity contribution in [2.24, 2.45) is 5.92 Å². The number of fused-ring (bicyclic) bond motifs is 3. The van der Waals surface area contributed by atoms with E-state index in [2.05, 4.69) is 35.4 Å². The summed E-state index contributed by atoms with van der Waals surface area (Å²) in [6, 6.07) is 7.55. The summed E-state index contributed by atoms with van der Waals surface area (Å²) in [7, 11) is 0. The van der Waals surface area contributed by atoms with Gasteiger partial charge in [-0.25, -0.2) is 0 Å². The minimum absolute atomic E-state index is 0.0237. The number of para-hydroxylation sites is 1. The van der Waals surface area contributed by atoms with Crippen LogP contribution in [0.1, 0.15) is 64.6 Å². The predicted molar refractivity (Wildman–Crippen MR) is 127 cm³/mol. The Hall–Kier alpha value is -2.96. The zero-order valence-corrected chi connectivity index (χ0v) is 19.1. The lowest BCUT2D eigenvalue weighted by Crippen LogP contribution is -2.26. The number of rotatable bonds is 9. The van der Waals surface area contributed by atoms with E-state index >= 15 is 0 Å². The highest BCUT2D eigenvalue weighted by Crippen LogP contribution is 2.19. The molecule has 0 spiro atoms. The molecule has 0 unspecified atom stereocenters. The fraction of sp³-hybridized carbons (Fsp3) is 0.520. The van der Waals surface area contributed by atoms with Crippen LogP contribution in [0.2, 0.25) is 0 Å². The molecule has 2 heterocycles. The highest BCUT2D eigenvalue weighted by molar-refractivity contribution is 5.80. The number of benzene rings is 1. The van der Waals surface area contributed by atoms with Crippen molar-refractivity contribution >= 4 is 22.6 Å². The summed E-state index contributed by atoms with van der Waals surface area (Å²) in [5.41, 5.74) is 2.21. The molecule has 1 aliphatic carbocycles. The molecule has 170 valence electrons. The molecule has 1 N–H and O–H groups in total. The molecule has 0 radical (unpaired) electrons. The topological polar surface area (TPSA) is 81.3 Å². The maximum Gasteiger partial charge on any atom is 0.262 e. The van der Waals surface area contributed by atoms with Crippen LogP contribution in [0.15, 0.2) is 40.7 Å². The largest absolute Gasteiger partial charge is 0.356 e. The number of nitrogens with one attached hydrogen (secondary N) is 1. The van der Waals surface area contributed by atoms with Gasteiger partial charge in [-0.1, -0.05) is 37.6 Å². The minimum atomic E-state index is -0.0394. The van der Waals surface area contributed by atoms with Crippen LogP contribution in [0.5, 0.6) is 0 Å². The van der Waals surface area contributed by atoms with E-state index in [1.54, 1.807) is 4.57 Å². The van der Waals surface area contributed by atoms with Gasteiger partial charge in [0.25, 0.3) is 5.56 Å². The summed E-state index contributed by atoms with van der Waals surface area (Å²) >= 11 is 0. The number of amides is 1. The Bertz CT molecular complexity index is 1190. The minimum Gasteiger partial charge on any atom is -0.356 e. The molecular formula is C25H33N5O2. The number of allylic oxidation sites excluding steroid dienone is 1. The van der Waals surface area contributed by atoms with E-state index in [-0.39, 0.29) is 11.5 Å². The lowest BCUT2D eigenvalue weighted by molar-refractivity contribution is -0.121. The van der Waals surface area contributed by atoms with Crippen LogP contribution in [0.4, 0.5) is 0 Å². The first-order valence-electron chi connectivity index (χ1n) is 11.8. The van der Waals surface area contributed by atoms with Crippen molar-refractivity contribution in [3.63, 3.8) is 0 Å². The lowest BCUT2D eigenvalue weighted by Gasteiger charge is -2.13. The number of carbonyl (C=O) groups excluding carboxylic acids is 1. The second-order valence-corrected chi connectivity index (χ2v) is 9.12. The van der Waals surface area contributed by atoms with Crippen LogP contribution >= 0.6 is 0 Å². The maximum atomic E-state index is 13.1. The molecule has 7 nitrogen and oxygen atoms in total. The van der Waals surface area contributed by atoms with Gasteiger partial charge in [-0.2, -0.15) is 0 Å². The average molecular weight is 436 g/mol. The molecule has 0 saturated heterocycles. The number of aryl methyl sites for hydroxylation is 2. The van der Waals surface area contributed by atoms with Gasteiger partial charge in [0.1, 0.15) is 5.82 Å². The summed E-state index contributed by atoms with van der Waals surface area (Å²) in [6.45, 7) is 5.56. The van der Waals surface area contributed by atoms with E-state index in [1.807, 2.05) is 28.7 Å². The smallest absolute Gasteiger partial charge is 0.262 e. The molecule has 1 aromatic carbocycles. The van der Waals surface area contributed by atoms with Gasteiger partial charge >= 0.3 is 0 Å². The number of carbonyl (C=O) groups is 1. The zero-order chi connectivity index (χ0) is 22.5. The van der Waals surface area contributed by atoms with E-state index < -0.39 is 0 Å². The molecule has 0 aliphatic heterocycles. The summed E-state index contributed by atoms with van der Waals surface area (Å²) in [5.74, 6) is 1.76. The summed E-state index contributed by atoms with van der Waals surface area (Å²) in [4.78, 5) is 25.5. The van der Waals surface area contributed by atoms with Crippen molar-refractivity contribution in [2.45, 2.75) is 71.8 Å². The fourth-order valence-corrected chi connectivity index (χ4v) is 4.37. The average Bonchev–Trinajstić information content (AvgIpc) is 3.22. The number of hydrogen-bond donors (Lipinski definition) is 1. The molecule has 32 heavy (non-hydrogen) atoms. The second-order valence-electron chi connectivity index (χ2n) is 9.12. The van der Waals surface area contributed by atoms with Crippen LogP contribution in [0.25, 0.3) is 16.7 Å². The Kier molecular flexibility index (Phi) is 7.02. The van der Waals surface area contributed by atoms with Crippen molar-refractivity contribution in [1.29, 1.82) is 0 Å². The molecule has 1 amide bonds. The number of aromatic nitrogens is 4. The first kappa shape index (κ1) is 22.2. The van der Waals surface area contributed by atoms with Crippen LogP contribution in [0, 0.1) is 5.92 Å². The third-order valence-corrected chi connectivity index (χ3v) is 6.23. The van der Waals surface area contributed by atoms with E-state index in [1.165, 1.54) is 24.8 Å². The Balaban J connectivity index is 1.51. The highest BCUT2D eigenvalue weighted by atomic mass is 16.1. The zero-order valence-electron chi connectivity index (χ0n) is 19.1. The number of nitrogens with zero attached hydrogens (tertiary/aromatic N) is 4. The van der Waals surface area contributed by atoms with E-state index in [0.717, 1.165) is 24.8 Å². The lowest BCUT2D eigenvalue weighted by atomic mass is 9.97. The molecule has 0 bridgehead atoms. The quantitative estimate of drug-likeness (QED) is 0.515. The molecule has 3 aromatic rings. The van der Waals surface area contributed by atoms with Gasteiger partial charge in [-0.3, -0.25) is 18.6 Å². The van der Waals surface area contributed by atoms with Crippen molar-refractivity contribution in [1.82, 2.24) is 24.5 Å². The molecule has 2 aromatic heterocycles. The van der Waals surface area contributed by atoms with Gasteiger partial charge in [0.15, 0.2) is 0 Å². The van der Waals surface area contributed by atoms with Crippen molar-refractivity contribution in [3.05, 3.63) is 52.1 Å². The van der Waals surface area contributed by atoms with E-state index in [9.17, 15) is 9.59 Å². The molecule has 7 heteroatoms. The molecule has 0 fully saturated rings. The molecular weight excluding hydrogens is 402 g/mol. The fourth-order valence-electron chi connectivity index (χ4n) is 4.37. The van der Waals surface area contributed by atoms with Crippen LogP contribution in [-0.4, -0.2) is 31.6 Å². The molecule has 4 rings (SSSR count). The van der Waals surface area contributed by atoms with Gasteiger partial charge in [0.2, 0.25) is 11.7 Å². The Labute approximate surface area is 188 Å². The van der Waals surface area contributed by atoms with Crippen molar-refractivity contribution in [3.8, 4) is 0 Å². The van der Waals surface area contributed by atoms with Crippen molar-refractivity contribution < 1.29 is 4.79 Å². The van der Waals surface area contributed by atoms with Crippen molar-refractivity contribution in [2.75, 3.05) is 6.54 Å². The Morgan fingerprint density at radius 3 is 2.78 bits per heavy atom. The Morgan fingerprint density at radius 1 is 1.16 bits per heavy atom. The molecule has 1 aliphatic rings. The summed E-state index contributed by atoms with van der Waals surface area (Å²) < 4.78 is 3.66. The van der Waals surface area contributed by atoms with Gasteiger partial charge in [-0.15, -0.1) is 10.2 Å². The highest BCUT2D eigenvalue weighted by Gasteiger charge is 2.17. The normalized spacial score (nSPS) is 14.3. The summed E-state index contributed by atoms with van der Waals surface area (Å²) in [6.07, 6.45) is 9.83. The summed E-state index contributed by atoms with van der Waals surface area (Å²) in [5, 5.41) is 12.4. The van der Waals surface area contributed by atoms with E-state index in [4.69, 9.17) is 0 Å². The molecule has 0 saturated carbocycles. The third kappa shape index (κ3) is 4.92. The standard InChI is InChI=1S/C25H33N5O2/c1-18(2)15-17-29-24(32)20-10-6-7-11-21(20)30-22(27-28-25(29)30)12-13-23(31)26-16-14-19-8-4-3-5-9-19/h6-8,10-11,18H,3-5,9,12-17H2,1-2H3,(H,26,31). The number of hydrogen-bond acceptors (Lipinski definition) is 4. The maximum absolute atomic E-state index is 13.1. The first-order chi connectivity index (χ1) is 15.5. The third-order valence-electron chi connectivity index (χ3n) is 6.23. The van der Waals surface area contributed by atoms with Gasteiger partial charge in [0.05, 0.1) is 10.9 Å². The van der Waals surface area contributed by atoms with Crippen LogP contribution < -0.4 is 10.9 Å². The SMILES string of the molecule is CC(C)CCn1c(=O)c2ccccc2n2c(CCC(=O)NCCC3=CCCCC3)nnc12. The predicted octanol–water partition coefficient (Wildman–Crippen LogP) is 4.03. The molecule has 0 atom stereocenters. The van der Waals surface area contributed by atoms with Crippen LogP contribution in [-0.2, 0) is 17.8 Å². The first-order valence-corrected chi connectivity index (χ1v) is 11.8. The van der Waals surface area contributed by atoms with Gasteiger partial charge in [0, 0.05) is 25.9 Å². The van der Waals surface area contributed by atoms with Gasteiger partial charge in [-0.05, 0) is 56.6 Å². The van der Waals surface area contributed by atoms with Crippen LogP contribution in [0.3, 0.4) is 0 Å². The second kappa shape index (κ2) is 10.1. The Morgan fingerprint density at radius 2 is 2.00 bits per heavy atom. The van der Waals surface area contributed by atoms with Gasteiger partial charge < -0.3 is 5.32 Å². The van der Waals surface area contributed by atoms with E-state index in [0.29, 0.717) is 48.8 Å². The monoisotopic (exact) mass is 435 g/mol.